The maximum Gasteiger partial charge on any atom is 0.245 e. The van der Waals surface area contributed by atoms with Gasteiger partial charge < -0.3 is 9.57 Å². The van der Waals surface area contributed by atoms with E-state index < -0.39 is 5.78 Å². The van der Waals surface area contributed by atoms with Crippen molar-refractivity contribution in [2.45, 2.75) is 13.0 Å². The maximum atomic E-state index is 11.8. The van der Waals surface area contributed by atoms with E-state index in [2.05, 4.69) is 0 Å². The lowest BCUT2D eigenvalue weighted by atomic mass is 10.1. The number of benzene rings is 1. The van der Waals surface area contributed by atoms with Crippen LogP contribution in [0.15, 0.2) is 42.1 Å². The molecule has 116 valence electrons. The average Bonchev–Trinajstić information content (AvgIpc) is 2.91. The molecule has 1 unspecified atom stereocenters. The van der Waals surface area contributed by atoms with E-state index in [1.165, 1.54) is 10.3 Å². The Morgan fingerprint density at radius 2 is 2.18 bits per heavy atom. The van der Waals surface area contributed by atoms with Gasteiger partial charge in [-0.2, -0.15) is 4.73 Å². The van der Waals surface area contributed by atoms with Crippen molar-refractivity contribution in [2.75, 3.05) is 13.2 Å². The van der Waals surface area contributed by atoms with Crippen molar-refractivity contribution in [1.29, 1.82) is 0 Å². The molecule has 22 heavy (non-hydrogen) atoms. The smallest absolute Gasteiger partial charge is 0.245 e. The minimum absolute atomic E-state index is 0.197. The van der Waals surface area contributed by atoms with Gasteiger partial charge in [-0.3, -0.25) is 9.59 Å². The second-order valence-electron chi connectivity index (χ2n) is 4.67. The molecule has 0 N–H and O–H groups in total. The number of halogens is 1. The van der Waals surface area contributed by atoms with Crippen LogP contribution in [0.25, 0.3) is 10.8 Å². The largest absolute Gasteiger partial charge is 0.411 e. The number of hydrogen-bond donors (Lipinski definition) is 0. The van der Waals surface area contributed by atoms with Crippen molar-refractivity contribution in [3.63, 3.8) is 0 Å². The number of ether oxygens (including phenoxy) is 1. The number of ketones is 1. The molecular formula is C16H16ClNO4. The zero-order chi connectivity index (χ0) is 15.9. The summed E-state index contributed by atoms with van der Waals surface area (Å²) in [5, 5.41) is 1.50. The molecule has 0 aliphatic carbocycles. The first-order valence-corrected chi connectivity index (χ1v) is 7.20. The number of aldehydes is 1. The Balaban J connectivity index is 2.16. The summed E-state index contributed by atoms with van der Waals surface area (Å²) in [6, 6.07) is 7.28. The van der Waals surface area contributed by atoms with Gasteiger partial charge in [-0.25, -0.2) is 0 Å². The van der Waals surface area contributed by atoms with E-state index in [9.17, 15) is 9.59 Å². The first-order valence-electron chi connectivity index (χ1n) is 6.77. The van der Waals surface area contributed by atoms with Gasteiger partial charge in [0.2, 0.25) is 5.78 Å². The number of carbonyl (C=O) groups excluding carboxylic acids is 2. The molecule has 0 aliphatic rings. The highest BCUT2D eigenvalue weighted by atomic mass is 35.5. The lowest BCUT2D eigenvalue weighted by Gasteiger charge is -2.14. The molecule has 0 saturated carbocycles. The lowest BCUT2D eigenvalue weighted by molar-refractivity contribution is -0.104. The normalized spacial score (nSPS) is 12.6. The number of rotatable bonds is 8. The van der Waals surface area contributed by atoms with Crippen molar-refractivity contribution >= 4 is 34.4 Å². The Bertz CT molecular complexity index is 693. The van der Waals surface area contributed by atoms with Gasteiger partial charge in [-0.15, -0.1) is 0 Å². The van der Waals surface area contributed by atoms with Gasteiger partial charge in [0.05, 0.1) is 18.9 Å². The Morgan fingerprint density at radius 1 is 1.41 bits per heavy atom. The van der Waals surface area contributed by atoms with Crippen LogP contribution in [0.2, 0.25) is 0 Å². The standard InChI is InChI=1S/C16H16ClNO4/c1-12(21-8-4-7-17)11-22-18-9-13-5-2-3-6-14(13)16(18)15(20)10-19/h2-7,9-10,12H,8,11H2,1H3. The molecule has 1 atom stereocenters. The van der Waals surface area contributed by atoms with Gasteiger partial charge >= 0.3 is 0 Å². The van der Waals surface area contributed by atoms with Crippen LogP contribution in [-0.2, 0) is 9.53 Å². The Morgan fingerprint density at radius 3 is 2.91 bits per heavy atom. The fourth-order valence-electron chi connectivity index (χ4n) is 2.02. The molecule has 0 aliphatic heterocycles. The molecule has 5 nitrogen and oxygen atoms in total. The van der Waals surface area contributed by atoms with Crippen LogP contribution in [0.5, 0.6) is 0 Å². The molecule has 2 rings (SSSR count). The molecule has 0 amide bonds. The Hall–Kier alpha value is -2.11. The van der Waals surface area contributed by atoms with Crippen LogP contribution in [0.1, 0.15) is 17.4 Å². The zero-order valence-corrected chi connectivity index (χ0v) is 12.8. The predicted octanol–water partition coefficient (Wildman–Crippen LogP) is 2.61. The van der Waals surface area contributed by atoms with Gasteiger partial charge in [0.25, 0.3) is 0 Å². The molecule has 1 heterocycles. The first kappa shape index (κ1) is 16.3. The monoisotopic (exact) mass is 321 g/mol. The summed E-state index contributed by atoms with van der Waals surface area (Å²) in [6.45, 7) is 2.45. The van der Waals surface area contributed by atoms with E-state index in [0.717, 1.165) is 5.39 Å². The molecule has 0 bridgehead atoms. The van der Waals surface area contributed by atoms with Crippen LogP contribution in [0, 0.1) is 0 Å². The van der Waals surface area contributed by atoms with Crippen molar-refractivity contribution < 1.29 is 19.2 Å². The highest BCUT2D eigenvalue weighted by Crippen LogP contribution is 2.20. The fraction of sp³-hybridized carbons (Fsp3) is 0.250. The summed E-state index contributed by atoms with van der Waals surface area (Å²) in [5.74, 6) is -0.625. The third kappa shape index (κ3) is 3.75. The van der Waals surface area contributed by atoms with Crippen molar-refractivity contribution in [3.05, 3.63) is 47.8 Å². The molecule has 0 spiro atoms. The van der Waals surface area contributed by atoms with E-state index in [0.29, 0.717) is 12.0 Å². The van der Waals surface area contributed by atoms with Crippen LogP contribution in [0.3, 0.4) is 0 Å². The van der Waals surface area contributed by atoms with E-state index in [-0.39, 0.29) is 24.7 Å². The van der Waals surface area contributed by atoms with Crippen molar-refractivity contribution in [3.8, 4) is 0 Å². The summed E-state index contributed by atoms with van der Waals surface area (Å²) in [4.78, 5) is 28.3. The Kier molecular flexibility index (Phi) is 5.75. The fourth-order valence-corrected chi connectivity index (χ4v) is 2.10. The van der Waals surface area contributed by atoms with Gasteiger partial charge in [0.15, 0.2) is 6.29 Å². The second kappa shape index (κ2) is 7.77. The van der Waals surface area contributed by atoms with Crippen molar-refractivity contribution in [1.82, 2.24) is 4.73 Å². The Labute approximate surface area is 133 Å². The van der Waals surface area contributed by atoms with E-state index in [1.54, 1.807) is 24.4 Å². The highest BCUT2D eigenvalue weighted by Gasteiger charge is 2.17. The SMILES string of the molecule is CC(COn1cc2ccccc2c1C(=O)C=O)OCC=CCl. The van der Waals surface area contributed by atoms with Gasteiger partial charge in [-0.05, 0) is 13.0 Å². The third-order valence-corrected chi connectivity index (χ3v) is 3.23. The van der Waals surface area contributed by atoms with Gasteiger partial charge in [0.1, 0.15) is 12.3 Å². The van der Waals surface area contributed by atoms with E-state index in [4.69, 9.17) is 21.2 Å². The molecular weight excluding hydrogens is 306 g/mol. The van der Waals surface area contributed by atoms with Crippen LogP contribution >= 0.6 is 11.6 Å². The maximum absolute atomic E-state index is 11.8. The number of nitrogens with zero attached hydrogens (tertiary/aromatic N) is 1. The molecule has 0 fully saturated rings. The number of fused-ring (bicyclic) bond motifs is 1. The van der Waals surface area contributed by atoms with Gasteiger partial charge in [-0.1, -0.05) is 35.9 Å². The van der Waals surface area contributed by atoms with E-state index in [1.807, 2.05) is 19.1 Å². The zero-order valence-electron chi connectivity index (χ0n) is 12.1. The average molecular weight is 322 g/mol. The van der Waals surface area contributed by atoms with E-state index >= 15 is 0 Å². The second-order valence-corrected chi connectivity index (χ2v) is 4.93. The quantitative estimate of drug-likeness (QED) is 0.426. The van der Waals surface area contributed by atoms with Crippen molar-refractivity contribution in [2.24, 2.45) is 0 Å². The summed E-state index contributed by atoms with van der Waals surface area (Å²) in [5.41, 5.74) is 1.60. The van der Waals surface area contributed by atoms with Crippen LogP contribution in [0.4, 0.5) is 0 Å². The number of hydrogen-bond acceptors (Lipinski definition) is 4. The number of carbonyl (C=O) groups is 2. The molecule has 1 aromatic carbocycles. The summed E-state index contributed by atoms with van der Waals surface area (Å²) < 4.78 is 6.77. The minimum Gasteiger partial charge on any atom is -0.411 e. The molecule has 6 heteroatoms. The summed E-state index contributed by atoms with van der Waals surface area (Å²) in [6.07, 6.45) is 3.44. The lowest BCUT2D eigenvalue weighted by Crippen LogP contribution is -2.26. The van der Waals surface area contributed by atoms with Crippen LogP contribution in [-0.4, -0.2) is 36.1 Å². The molecule has 1 aromatic heterocycles. The highest BCUT2D eigenvalue weighted by molar-refractivity contribution is 6.35. The predicted molar refractivity (Wildman–Crippen MR) is 84.2 cm³/mol. The van der Waals surface area contributed by atoms with Gasteiger partial charge in [0, 0.05) is 16.3 Å². The minimum atomic E-state index is -0.625. The molecule has 2 aromatic rings. The summed E-state index contributed by atoms with van der Waals surface area (Å²) in [7, 11) is 0. The van der Waals surface area contributed by atoms with Crippen LogP contribution < -0.4 is 4.84 Å². The summed E-state index contributed by atoms with van der Waals surface area (Å²) >= 11 is 5.41. The number of Topliss-reactive ketones (excluding diaryl/α,β-unsaturated/α-hetero) is 1. The first-order chi connectivity index (χ1) is 10.7. The molecule has 0 saturated heterocycles. The molecule has 0 radical (unpaired) electrons. The number of aromatic nitrogens is 1. The third-order valence-electron chi connectivity index (χ3n) is 3.05. The topological polar surface area (TPSA) is 57.5 Å².